The molecule has 0 aliphatic heterocycles. The second-order valence-electron chi connectivity index (χ2n) is 16.8. The lowest BCUT2D eigenvalue weighted by atomic mass is 9.55. The summed E-state index contributed by atoms with van der Waals surface area (Å²) in [5.41, 5.74) is 19.9. The van der Waals surface area contributed by atoms with Crippen LogP contribution < -0.4 is 4.90 Å². The number of anilines is 3. The molecule has 1 heterocycles. The monoisotopic (exact) mass is 767 g/mol. The van der Waals surface area contributed by atoms with Gasteiger partial charge in [0.05, 0.1) is 11.1 Å². The number of hydrogen-bond donors (Lipinski definition) is 0. The lowest BCUT2D eigenvalue weighted by Gasteiger charge is -2.46. The number of rotatable bonds is 5. The third kappa shape index (κ3) is 4.88. The summed E-state index contributed by atoms with van der Waals surface area (Å²) in [6.07, 6.45) is 0. The van der Waals surface area contributed by atoms with E-state index in [1.807, 2.05) is 12.1 Å². The Morgan fingerprint density at radius 2 is 0.867 bits per heavy atom. The van der Waals surface area contributed by atoms with Gasteiger partial charge >= 0.3 is 0 Å². The first-order valence-electron chi connectivity index (χ1n) is 20.9. The maximum absolute atomic E-state index is 6.30. The molecule has 0 radical (unpaired) electrons. The summed E-state index contributed by atoms with van der Waals surface area (Å²) in [5.74, 6) is 0. The van der Waals surface area contributed by atoms with Crippen LogP contribution in [0.1, 0.15) is 47.2 Å². The summed E-state index contributed by atoms with van der Waals surface area (Å²) in [7, 11) is 0. The molecule has 2 heteroatoms. The van der Waals surface area contributed by atoms with E-state index in [9.17, 15) is 0 Å². The number of fused-ring (bicyclic) bond motifs is 12. The summed E-state index contributed by atoms with van der Waals surface area (Å²) in [6.45, 7) is 4.77. The highest BCUT2D eigenvalue weighted by Crippen LogP contribution is 2.64. The molecule has 0 amide bonds. The van der Waals surface area contributed by atoms with Gasteiger partial charge in [0.25, 0.3) is 0 Å². The quantitative estimate of drug-likeness (QED) is 0.173. The second kappa shape index (κ2) is 13.0. The Balaban J connectivity index is 1.07. The van der Waals surface area contributed by atoms with Crippen LogP contribution in [-0.4, -0.2) is 0 Å². The van der Waals surface area contributed by atoms with Crippen LogP contribution in [0.25, 0.3) is 55.3 Å². The molecule has 0 N–H and O–H groups in total. The van der Waals surface area contributed by atoms with Crippen LogP contribution in [-0.2, 0) is 10.8 Å². The lowest BCUT2D eigenvalue weighted by molar-refractivity contribution is 0.563. The summed E-state index contributed by atoms with van der Waals surface area (Å²) < 4.78 is 6.30. The first-order chi connectivity index (χ1) is 29.5. The topological polar surface area (TPSA) is 16.4 Å². The van der Waals surface area contributed by atoms with Crippen molar-refractivity contribution in [1.29, 1.82) is 0 Å². The molecule has 2 aliphatic carbocycles. The van der Waals surface area contributed by atoms with E-state index in [4.69, 9.17) is 4.42 Å². The molecule has 10 aromatic rings. The Hall–Kier alpha value is -7.42. The number of benzene rings is 9. The van der Waals surface area contributed by atoms with E-state index < -0.39 is 5.41 Å². The van der Waals surface area contributed by atoms with Crippen LogP contribution >= 0.6 is 0 Å². The minimum absolute atomic E-state index is 0.156. The van der Waals surface area contributed by atoms with Crippen LogP contribution in [0.2, 0.25) is 0 Å². The molecule has 60 heavy (non-hydrogen) atoms. The zero-order valence-electron chi connectivity index (χ0n) is 33.6. The molecule has 12 rings (SSSR count). The van der Waals surface area contributed by atoms with E-state index >= 15 is 0 Å². The number of nitrogens with zero attached hydrogens (tertiary/aromatic N) is 1. The average molecular weight is 768 g/mol. The summed E-state index contributed by atoms with van der Waals surface area (Å²) in [5, 5.41) is 2.28. The SMILES string of the molecule is CC1(C)c2ccccc2C2(c3ccccc3-c3c(N(c4ccc(-c5ccccc5)cc4)c4ccc(-c5ccc6c(c5)oc5ccccc56)cc4)cccc32)c2ccccc21. The van der Waals surface area contributed by atoms with Crippen molar-refractivity contribution < 1.29 is 4.42 Å². The molecule has 0 bridgehead atoms. The predicted octanol–water partition coefficient (Wildman–Crippen LogP) is 15.4. The van der Waals surface area contributed by atoms with E-state index in [0.717, 1.165) is 50.1 Å². The fourth-order valence-electron chi connectivity index (χ4n) is 10.6. The van der Waals surface area contributed by atoms with Gasteiger partial charge in [0.15, 0.2) is 0 Å². The first-order valence-corrected chi connectivity index (χ1v) is 20.9. The van der Waals surface area contributed by atoms with Crippen molar-refractivity contribution in [1.82, 2.24) is 0 Å². The van der Waals surface area contributed by atoms with E-state index in [1.165, 1.54) is 55.6 Å². The molecule has 0 fully saturated rings. The molecule has 9 aromatic carbocycles. The van der Waals surface area contributed by atoms with Crippen LogP contribution in [0.5, 0.6) is 0 Å². The smallest absolute Gasteiger partial charge is 0.136 e. The van der Waals surface area contributed by atoms with Crippen molar-refractivity contribution in [2.75, 3.05) is 4.90 Å². The van der Waals surface area contributed by atoms with Gasteiger partial charge in [0.2, 0.25) is 0 Å². The Bertz CT molecular complexity index is 3230. The van der Waals surface area contributed by atoms with Gasteiger partial charge in [0.1, 0.15) is 11.2 Å². The Labute approximate surface area is 350 Å². The normalized spacial score (nSPS) is 14.1. The van der Waals surface area contributed by atoms with Gasteiger partial charge in [-0.1, -0.05) is 178 Å². The van der Waals surface area contributed by atoms with Gasteiger partial charge in [-0.15, -0.1) is 0 Å². The minimum atomic E-state index is -0.480. The van der Waals surface area contributed by atoms with Gasteiger partial charge in [-0.2, -0.15) is 0 Å². The highest BCUT2D eigenvalue weighted by atomic mass is 16.3. The third-order valence-corrected chi connectivity index (χ3v) is 13.4. The Morgan fingerprint density at radius 3 is 1.55 bits per heavy atom. The van der Waals surface area contributed by atoms with Gasteiger partial charge in [-0.25, -0.2) is 0 Å². The van der Waals surface area contributed by atoms with Crippen molar-refractivity contribution in [2.45, 2.75) is 24.7 Å². The van der Waals surface area contributed by atoms with Crippen LogP contribution in [0, 0.1) is 0 Å². The molecule has 2 nitrogen and oxygen atoms in total. The molecule has 2 aliphatic rings. The summed E-state index contributed by atoms with van der Waals surface area (Å²) >= 11 is 0. The van der Waals surface area contributed by atoms with Gasteiger partial charge < -0.3 is 9.32 Å². The Kier molecular flexibility index (Phi) is 7.52. The van der Waals surface area contributed by atoms with Crippen LogP contribution in [0.4, 0.5) is 17.1 Å². The molecule has 1 spiro atoms. The average Bonchev–Trinajstić information content (AvgIpc) is 3.83. The van der Waals surface area contributed by atoms with Gasteiger partial charge in [-0.3, -0.25) is 0 Å². The molecule has 0 unspecified atom stereocenters. The fourth-order valence-corrected chi connectivity index (χ4v) is 10.6. The molecule has 0 saturated carbocycles. The maximum atomic E-state index is 6.30. The number of hydrogen-bond acceptors (Lipinski definition) is 2. The molecule has 0 saturated heterocycles. The van der Waals surface area contributed by atoms with Crippen molar-refractivity contribution in [2.24, 2.45) is 0 Å². The Morgan fingerprint density at radius 1 is 0.367 bits per heavy atom. The zero-order valence-corrected chi connectivity index (χ0v) is 33.6. The maximum Gasteiger partial charge on any atom is 0.136 e. The molecule has 284 valence electrons. The summed E-state index contributed by atoms with van der Waals surface area (Å²) in [4.78, 5) is 2.46. The molecule has 1 aromatic heterocycles. The number of furan rings is 1. The molecular weight excluding hydrogens is 727 g/mol. The van der Waals surface area contributed by atoms with Gasteiger partial charge in [0, 0.05) is 33.1 Å². The number of para-hydroxylation sites is 1. The van der Waals surface area contributed by atoms with Gasteiger partial charge in [-0.05, 0) is 110 Å². The van der Waals surface area contributed by atoms with Crippen molar-refractivity contribution in [3.05, 3.63) is 246 Å². The van der Waals surface area contributed by atoms with E-state index in [2.05, 4.69) is 219 Å². The molecular formula is C58H41NO. The fraction of sp³-hybridized carbons (Fsp3) is 0.0690. The standard InChI is InChI=1S/C58H41NO/c1-57(2)48-20-9-11-22-50(48)58(51-23-12-10-21-49(51)57)47-19-8-6-18-46(47)56-52(58)24-14-25-53(56)59(42-32-27-39(28-33-42)38-15-4-3-5-16-38)43-34-29-40(30-35-43)41-31-36-45-44-17-7-13-26-54(44)60-55(45)37-41/h3-37H,1-2H3. The van der Waals surface area contributed by atoms with E-state index in [0.29, 0.717) is 0 Å². The zero-order chi connectivity index (χ0) is 40.0. The van der Waals surface area contributed by atoms with Crippen molar-refractivity contribution >= 4 is 39.0 Å². The van der Waals surface area contributed by atoms with Crippen molar-refractivity contribution in [3.8, 4) is 33.4 Å². The highest BCUT2D eigenvalue weighted by molar-refractivity contribution is 6.06. The van der Waals surface area contributed by atoms with Crippen LogP contribution in [0.15, 0.2) is 217 Å². The largest absolute Gasteiger partial charge is 0.456 e. The van der Waals surface area contributed by atoms with E-state index in [1.54, 1.807) is 0 Å². The molecule has 0 atom stereocenters. The van der Waals surface area contributed by atoms with Crippen molar-refractivity contribution in [3.63, 3.8) is 0 Å². The van der Waals surface area contributed by atoms with E-state index in [-0.39, 0.29) is 5.41 Å². The highest BCUT2D eigenvalue weighted by Gasteiger charge is 2.53. The van der Waals surface area contributed by atoms with Crippen LogP contribution in [0.3, 0.4) is 0 Å². The second-order valence-corrected chi connectivity index (χ2v) is 16.8. The lowest BCUT2D eigenvalue weighted by Crippen LogP contribution is -2.40. The first kappa shape index (κ1) is 34.6. The summed E-state index contributed by atoms with van der Waals surface area (Å²) in [6, 6.07) is 78.0. The third-order valence-electron chi connectivity index (χ3n) is 13.4. The predicted molar refractivity (Wildman–Crippen MR) is 249 cm³/mol. The minimum Gasteiger partial charge on any atom is -0.456 e.